The number of nitrogens with zero attached hydrogens (tertiary/aromatic N) is 2. The lowest BCUT2D eigenvalue weighted by Gasteiger charge is -2.29. The molecule has 0 fully saturated rings. The molecule has 0 saturated carbocycles. The van der Waals surface area contributed by atoms with E-state index in [4.69, 9.17) is 23.5 Å². The third-order valence-electron chi connectivity index (χ3n) is 11.8. The van der Waals surface area contributed by atoms with Gasteiger partial charge in [-0.2, -0.15) is 0 Å². The van der Waals surface area contributed by atoms with Gasteiger partial charge in [0, 0.05) is 63.3 Å². The minimum atomic E-state index is -1.03. The number of oxazole rings is 2. The quantitative estimate of drug-likeness (QED) is 0.141. The van der Waals surface area contributed by atoms with Crippen molar-refractivity contribution in [3.05, 3.63) is 95.3 Å². The predicted molar refractivity (Wildman–Crippen MR) is 197 cm³/mol. The van der Waals surface area contributed by atoms with Crippen LogP contribution in [0.1, 0.15) is 68.5 Å². The molecule has 3 aromatic carbocycles. The minimum absolute atomic E-state index is 0.0115. The van der Waals surface area contributed by atoms with Crippen LogP contribution in [0.4, 0.5) is 5.69 Å². The number of aromatic nitrogens is 3. The SMILES string of the molecule is CC(C)[C@H](CO)C(=O)C[C@H]1Cc2ccc3c(c2)C24c5cccc(c5N[C@H]2O3)-c2cccc3[nH]cc(c23)-c2cnc(o2)-c2nc(oc24)[C@H](C(C)C)NC1=O. The number of para-hydroxylation sites is 1. The first-order valence-corrected chi connectivity index (χ1v) is 18.4. The largest absolute Gasteiger partial charge is 0.469 e. The molecule has 4 aliphatic rings. The van der Waals surface area contributed by atoms with Gasteiger partial charge in [0.25, 0.3) is 0 Å². The first-order chi connectivity index (χ1) is 25.7. The molecule has 4 N–H and O–H groups in total. The van der Waals surface area contributed by atoms with Crippen molar-refractivity contribution < 1.29 is 28.3 Å². The number of ketones is 1. The van der Waals surface area contributed by atoms with E-state index in [1.165, 1.54) is 0 Å². The number of hydrogen-bond donors (Lipinski definition) is 4. The lowest BCUT2D eigenvalue weighted by Crippen LogP contribution is -2.40. The number of H-pyrrole nitrogens is 1. The molecule has 10 bridgehead atoms. The summed E-state index contributed by atoms with van der Waals surface area (Å²) in [6, 6.07) is 17.9. The summed E-state index contributed by atoms with van der Waals surface area (Å²) in [5, 5.41) is 18.1. The molecule has 0 aliphatic carbocycles. The summed E-state index contributed by atoms with van der Waals surface area (Å²) >= 11 is 0. The summed E-state index contributed by atoms with van der Waals surface area (Å²) in [6.07, 6.45) is 3.35. The molecule has 0 saturated heterocycles. The van der Waals surface area contributed by atoms with Crippen LogP contribution in [-0.2, 0) is 21.4 Å². The van der Waals surface area contributed by atoms with E-state index in [0.29, 0.717) is 35.3 Å². The van der Waals surface area contributed by atoms with Gasteiger partial charge in [0.2, 0.25) is 17.7 Å². The van der Waals surface area contributed by atoms with Crippen molar-refractivity contribution in [1.82, 2.24) is 20.3 Å². The van der Waals surface area contributed by atoms with E-state index < -0.39 is 29.5 Å². The minimum Gasteiger partial charge on any atom is -0.469 e. The van der Waals surface area contributed by atoms with Gasteiger partial charge in [-0.25, -0.2) is 9.97 Å². The molecule has 53 heavy (non-hydrogen) atoms. The Kier molecular flexibility index (Phi) is 6.89. The van der Waals surface area contributed by atoms with Crippen LogP contribution < -0.4 is 15.4 Å². The van der Waals surface area contributed by atoms with Gasteiger partial charge in [-0.15, -0.1) is 0 Å². The van der Waals surface area contributed by atoms with E-state index in [1.807, 2.05) is 52.1 Å². The Hall–Kier alpha value is -5.68. The van der Waals surface area contributed by atoms with Crippen molar-refractivity contribution in [1.29, 1.82) is 0 Å². The van der Waals surface area contributed by atoms with E-state index in [2.05, 4.69) is 52.0 Å². The molecule has 7 heterocycles. The normalized spacial score (nSPS) is 22.5. The smallest absolute Gasteiger partial charge is 0.249 e. The number of fused-ring (bicyclic) bond motifs is 7. The molecule has 1 amide bonds. The van der Waals surface area contributed by atoms with E-state index >= 15 is 0 Å². The van der Waals surface area contributed by atoms with Crippen LogP contribution in [0.5, 0.6) is 5.75 Å². The number of aromatic amines is 1. The number of anilines is 1. The highest BCUT2D eigenvalue weighted by Gasteiger charge is 2.61. The standard InChI is InChI=1S/C42H39N5O6/c1-19(2)26(18-48)30(49)15-22-13-21-11-12-31-28(14-21)42-27-9-5-8-24(35(27)47-41(42)52-31)23-7-6-10-29-33(23)25(16-43-29)32-17-44-39(51-32)36-37(42)53-40(46-36)34(20(3)4)45-38(22)50/h5-12,14,16-17,19-20,22,26,34,41,43,47-48H,13,15,18H2,1-4H3,(H,45,50)/t22-,26+,34+,41+,42?/m1/s1. The molecule has 11 heteroatoms. The molecule has 0 radical (unpaired) electrons. The number of aliphatic hydroxyl groups excluding tert-OH is 1. The Labute approximate surface area is 305 Å². The van der Waals surface area contributed by atoms with Crippen molar-refractivity contribution in [3.8, 4) is 39.8 Å². The second kappa shape index (κ2) is 11.4. The van der Waals surface area contributed by atoms with Crippen molar-refractivity contribution in [2.24, 2.45) is 23.7 Å². The lowest BCUT2D eigenvalue weighted by atomic mass is 9.72. The average Bonchev–Trinajstić information content (AvgIpc) is 3.96. The van der Waals surface area contributed by atoms with Gasteiger partial charge in [-0.05, 0) is 41.5 Å². The summed E-state index contributed by atoms with van der Waals surface area (Å²) in [5.74, 6) is 0.493. The highest BCUT2D eigenvalue weighted by Crippen LogP contribution is 2.61. The van der Waals surface area contributed by atoms with E-state index in [-0.39, 0.29) is 42.4 Å². The average molecular weight is 710 g/mol. The maximum absolute atomic E-state index is 14.3. The molecule has 4 aliphatic heterocycles. The summed E-state index contributed by atoms with van der Waals surface area (Å²) in [6.45, 7) is 7.56. The second-order valence-corrected chi connectivity index (χ2v) is 15.5. The highest BCUT2D eigenvalue weighted by atomic mass is 16.5. The molecule has 3 aromatic heterocycles. The van der Waals surface area contributed by atoms with E-state index in [0.717, 1.165) is 50.0 Å². The number of aliphatic hydroxyl groups is 1. The Bertz CT molecular complexity index is 2490. The summed E-state index contributed by atoms with van der Waals surface area (Å²) in [4.78, 5) is 41.3. The molecule has 6 aromatic rings. The Balaban J connectivity index is 1.26. The monoisotopic (exact) mass is 709 g/mol. The number of carbonyl (C=O) groups excluding carboxylic acids is 2. The number of benzene rings is 3. The third kappa shape index (κ3) is 4.43. The molecule has 10 rings (SSSR count). The number of rotatable bonds is 6. The van der Waals surface area contributed by atoms with E-state index in [9.17, 15) is 14.7 Å². The number of carbonyl (C=O) groups is 2. The van der Waals surface area contributed by atoms with Crippen LogP contribution in [0, 0.1) is 23.7 Å². The van der Waals surface area contributed by atoms with Crippen molar-refractivity contribution in [2.45, 2.75) is 58.2 Å². The fourth-order valence-electron chi connectivity index (χ4n) is 9.05. The van der Waals surface area contributed by atoms with Gasteiger partial charge in [0.1, 0.15) is 23.0 Å². The van der Waals surface area contributed by atoms with Gasteiger partial charge in [-0.1, -0.05) is 70.2 Å². The third-order valence-corrected chi connectivity index (χ3v) is 11.8. The Morgan fingerprint density at radius 1 is 1.00 bits per heavy atom. The summed E-state index contributed by atoms with van der Waals surface area (Å²) in [5.41, 5.74) is 6.87. The van der Waals surface area contributed by atoms with Crippen molar-refractivity contribution in [2.75, 3.05) is 11.9 Å². The molecule has 5 atom stereocenters. The molecule has 1 spiro atoms. The molecule has 268 valence electrons. The van der Waals surface area contributed by atoms with Crippen LogP contribution in [0.25, 0.3) is 44.9 Å². The maximum atomic E-state index is 14.3. The van der Waals surface area contributed by atoms with E-state index in [1.54, 1.807) is 6.20 Å². The predicted octanol–water partition coefficient (Wildman–Crippen LogP) is 7.15. The fourth-order valence-corrected chi connectivity index (χ4v) is 9.05. The van der Waals surface area contributed by atoms with Crippen molar-refractivity contribution in [3.63, 3.8) is 0 Å². The second-order valence-electron chi connectivity index (χ2n) is 15.5. The van der Waals surface area contributed by atoms with Gasteiger partial charge in [-0.3, -0.25) is 9.59 Å². The zero-order valence-corrected chi connectivity index (χ0v) is 29.8. The van der Waals surface area contributed by atoms with Crippen LogP contribution >= 0.6 is 0 Å². The summed E-state index contributed by atoms with van der Waals surface area (Å²) in [7, 11) is 0. The van der Waals surface area contributed by atoms with Crippen LogP contribution in [-0.4, -0.2) is 44.6 Å². The first kappa shape index (κ1) is 32.0. The lowest BCUT2D eigenvalue weighted by molar-refractivity contribution is -0.133. The zero-order valence-electron chi connectivity index (χ0n) is 29.8. The number of nitrogens with one attached hydrogen (secondary N) is 3. The molecule has 11 nitrogen and oxygen atoms in total. The zero-order chi connectivity index (χ0) is 36.3. The summed E-state index contributed by atoms with van der Waals surface area (Å²) < 4.78 is 20.5. The molecule has 1 unspecified atom stereocenters. The topological polar surface area (TPSA) is 156 Å². The van der Waals surface area contributed by atoms with Crippen molar-refractivity contribution >= 4 is 28.3 Å². The number of Topliss-reactive ketones (excluding diaryl/α,β-unsaturated/α-hetero) is 1. The first-order valence-electron chi connectivity index (χ1n) is 18.4. The maximum Gasteiger partial charge on any atom is 0.249 e. The fraction of sp³-hybridized carbons (Fsp3) is 0.333. The van der Waals surface area contributed by atoms with Gasteiger partial charge in [0.15, 0.2) is 23.4 Å². The molecular formula is C42H39N5O6. The molecular weight excluding hydrogens is 670 g/mol. The number of hydrogen-bond acceptors (Lipinski definition) is 9. The number of amides is 1. The van der Waals surface area contributed by atoms with Crippen LogP contribution in [0.15, 0.2) is 75.8 Å². The highest BCUT2D eigenvalue weighted by molar-refractivity contribution is 6.07. The Morgan fingerprint density at radius 3 is 2.64 bits per heavy atom. The van der Waals surface area contributed by atoms with Crippen LogP contribution in [0.3, 0.4) is 0 Å². The van der Waals surface area contributed by atoms with Crippen LogP contribution in [0.2, 0.25) is 0 Å². The van der Waals surface area contributed by atoms with Gasteiger partial charge in [0.05, 0.1) is 12.8 Å². The van der Waals surface area contributed by atoms with Gasteiger partial charge >= 0.3 is 0 Å². The van der Waals surface area contributed by atoms with Gasteiger partial charge < -0.3 is 34.3 Å². The number of ether oxygens (including phenoxy) is 1. The Morgan fingerprint density at radius 2 is 1.83 bits per heavy atom.